The van der Waals surface area contributed by atoms with E-state index in [2.05, 4.69) is 25.2 Å². The Morgan fingerprint density at radius 2 is 1.94 bits per heavy atom. The summed E-state index contributed by atoms with van der Waals surface area (Å²) in [6.45, 7) is 4.90. The molecule has 1 aliphatic rings. The van der Waals surface area contributed by atoms with Crippen LogP contribution in [-0.2, 0) is 4.74 Å². The lowest BCUT2D eigenvalue weighted by Gasteiger charge is -2.27. The summed E-state index contributed by atoms with van der Waals surface area (Å²) in [5.74, 6) is 0.338. The van der Waals surface area contributed by atoms with Gasteiger partial charge in [-0.2, -0.15) is 0 Å². The van der Waals surface area contributed by atoms with Crippen LogP contribution in [0.1, 0.15) is 28.9 Å². The zero-order chi connectivity index (χ0) is 22.8. The van der Waals surface area contributed by atoms with E-state index in [1.54, 1.807) is 24.5 Å². The molecule has 0 spiro atoms. The second-order valence-corrected chi connectivity index (χ2v) is 8.08. The number of hydrogen-bond acceptors (Lipinski definition) is 5. The van der Waals surface area contributed by atoms with Crippen LogP contribution in [0.15, 0.2) is 61.1 Å². The first-order valence-corrected chi connectivity index (χ1v) is 10.9. The fourth-order valence-electron chi connectivity index (χ4n) is 4.02. The van der Waals surface area contributed by atoms with Gasteiger partial charge in [-0.25, -0.2) is 14.4 Å². The number of aromatic amines is 1. The third kappa shape index (κ3) is 4.42. The summed E-state index contributed by atoms with van der Waals surface area (Å²) < 4.78 is 18.9. The number of hydrogen-bond donors (Lipinski definition) is 2. The molecule has 5 rings (SSSR count). The minimum absolute atomic E-state index is 0.252. The molecular formula is C25H24FN5O2. The van der Waals surface area contributed by atoms with Crippen molar-refractivity contribution in [3.8, 4) is 11.1 Å². The number of aromatic nitrogens is 3. The van der Waals surface area contributed by atoms with E-state index >= 15 is 0 Å². The smallest absolute Gasteiger partial charge is 0.253 e. The molecule has 4 heterocycles. The van der Waals surface area contributed by atoms with Gasteiger partial charge >= 0.3 is 0 Å². The first kappa shape index (κ1) is 21.1. The monoisotopic (exact) mass is 445 g/mol. The molecule has 4 aromatic rings. The van der Waals surface area contributed by atoms with E-state index in [4.69, 9.17) is 4.74 Å². The molecule has 8 heteroatoms. The lowest BCUT2D eigenvalue weighted by Crippen LogP contribution is -2.36. The summed E-state index contributed by atoms with van der Waals surface area (Å²) in [5, 5.41) is 3.66. The molecule has 0 aliphatic carbocycles. The third-order valence-electron chi connectivity index (χ3n) is 5.89. The first-order chi connectivity index (χ1) is 16.1. The van der Waals surface area contributed by atoms with Gasteiger partial charge in [-0.1, -0.05) is 12.1 Å². The Balaban J connectivity index is 1.38. The predicted octanol–water partition coefficient (Wildman–Crippen LogP) is 4.09. The predicted molar refractivity (Wildman–Crippen MR) is 125 cm³/mol. The largest absolute Gasteiger partial charge is 0.378 e. The van der Waals surface area contributed by atoms with Crippen molar-refractivity contribution in [2.75, 3.05) is 31.2 Å². The number of fused-ring (bicyclic) bond motifs is 1. The zero-order valence-electron chi connectivity index (χ0n) is 18.2. The number of H-pyrrole nitrogens is 1. The average molecular weight is 445 g/mol. The van der Waals surface area contributed by atoms with Crippen molar-refractivity contribution >= 4 is 22.8 Å². The Hall–Kier alpha value is -3.78. The molecular weight excluding hydrogens is 421 g/mol. The van der Waals surface area contributed by atoms with Crippen LogP contribution in [0.25, 0.3) is 22.2 Å². The molecule has 2 N–H and O–H groups in total. The fraction of sp³-hybridized carbons (Fsp3) is 0.240. The molecule has 0 bridgehead atoms. The number of morpholine rings is 1. The topological polar surface area (TPSA) is 83.1 Å². The van der Waals surface area contributed by atoms with Gasteiger partial charge < -0.3 is 19.9 Å². The molecule has 1 saturated heterocycles. The van der Waals surface area contributed by atoms with Crippen molar-refractivity contribution in [3.05, 3.63) is 78.0 Å². The van der Waals surface area contributed by atoms with Gasteiger partial charge in [0.1, 0.15) is 17.3 Å². The molecule has 0 radical (unpaired) electrons. The molecule has 1 unspecified atom stereocenters. The Labute approximate surface area is 190 Å². The Morgan fingerprint density at radius 1 is 1.12 bits per heavy atom. The van der Waals surface area contributed by atoms with Crippen molar-refractivity contribution < 1.29 is 13.9 Å². The number of nitrogens with one attached hydrogen (secondary N) is 2. The van der Waals surface area contributed by atoms with Gasteiger partial charge in [0.2, 0.25) is 0 Å². The van der Waals surface area contributed by atoms with Crippen molar-refractivity contribution in [1.29, 1.82) is 0 Å². The van der Waals surface area contributed by atoms with Gasteiger partial charge in [0, 0.05) is 48.2 Å². The van der Waals surface area contributed by atoms with E-state index in [1.165, 1.54) is 12.1 Å². The average Bonchev–Trinajstić information content (AvgIpc) is 3.28. The van der Waals surface area contributed by atoms with Crippen LogP contribution < -0.4 is 10.2 Å². The van der Waals surface area contributed by atoms with Crippen molar-refractivity contribution in [2.45, 2.75) is 13.0 Å². The molecule has 1 amide bonds. The minimum atomic E-state index is -0.341. The van der Waals surface area contributed by atoms with Crippen LogP contribution in [0.4, 0.5) is 10.2 Å². The lowest BCUT2D eigenvalue weighted by molar-refractivity contribution is 0.0941. The standard InChI is InChI=1S/C25H24FN5O2/c1-16(17-3-2-4-20(26)11-17)30-25(32)22-15-29-24-21(22)12-19(14-28-24)18-5-6-23(27-13-18)31-7-9-33-10-8-31/h2-6,11-16H,7-10H2,1H3,(H,28,29)(H,30,32). The number of rotatable bonds is 5. The molecule has 1 aliphatic heterocycles. The van der Waals surface area contributed by atoms with Gasteiger partial charge in [-0.05, 0) is 42.8 Å². The molecule has 33 heavy (non-hydrogen) atoms. The first-order valence-electron chi connectivity index (χ1n) is 10.9. The highest BCUT2D eigenvalue weighted by atomic mass is 19.1. The lowest BCUT2D eigenvalue weighted by atomic mass is 10.1. The number of carbonyl (C=O) groups is 1. The fourth-order valence-corrected chi connectivity index (χ4v) is 4.02. The van der Waals surface area contributed by atoms with Crippen LogP contribution in [0, 0.1) is 5.82 Å². The maximum Gasteiger partial charge on any atom is 0.253 e. The minimum Gasteiger partial charge on any atom is -0.378 e. The summed E-state index contributed by atoms with van der Waals surface area (Å²) in [7, 11) is 0. The highest BCUT2D eigenvalue weighted by Crippen LogP contribution is 2.26. The number of ether oxygens (including phenoxy) is 1. The van der Waals surface area contributed by atoms with E-state index in [0.717, 1.165) is 30.0 Å². The van der Waals surface area contributed by atoms with E-state index < -0.39 is 0 Å². The molecule has 0 saturated carbocycles. The zero-order valence-corrected chi connectivity index (χ0v) is 18.2. The summed E-state index contributed by atoms with van der Waals surface area (Å²) in [6, 6.07) is 11.8. The Morgan fingerprint density at radius 3 is 2.70 bits per heavy atom. The van der Waals surface area contributed by atoms with E-state index in [-0.39, 0.29) is 17.8 Å². The summed E-state index contributed by atoms with van der Waals surface area (Å²) in [4.78, 5) is 27.3. The molecule has 1 atom stereocenters. The van der Waals surface area contributed by atoms with Gasteiger partial charge in [0.25, 0.3) is 5.91 Å². The summed E-state index contributed by atoms with van der Waals surface area (Å²) in [5.41, 5.74) is 3.60. The second-order valence-electron chi connectivity index (χ2n) is 8.08. The number of amides is 1. The highest BCUT2D eigenvalue weighted by Gasteiger charge is 2.17. The van der Waals surface area contributed by atoms with E-state index in [0.29, 0.717) is 35.4 Å². The van der Waals surface area contributed by atoms with Crippen molar-refractivity contribution in [3.63, 3.8) is 0 Å². The molecule has 1 aromatic carbocycles. The summed E-state index contributed by atoms with van der Waals surface area (Å²) in [6.07, 6.45) is 5.24. The maximum atomic E-state index is 13.5. The molecule has 3 aromatic heterocycles. The SMILES string of the molecule is CC(NC(=O)c1c[nH]c2ncc(-c3ccc(N4CCOCC4)nc3)cc12)c1cccc(F)c1. The van der Waals surface area contributed by atoms with Crippen molar-refractivity contribution in [1.82, 2.24) is 20.3 Å². The number of anilines is 1. The van der Waals surface area contributed by atoms with Crippen LogP contribution in [-0.4, -0.2) is 47.2 Å². The van der Waals surface area contributed by atoms with E-state index in [1.807, 2.05) is 31.3 Å². The van der Waals surface area contributed by atoms with Crippen LogP contribution in [0.2, 0.25) is 0 Å². The molecule has 168 valence electrons. The number of carbonyl (C=O) groups excluding carboxylic acids is 1. The number of pyridine rings is 2. The molecule has 7 nitrogen and oxygen atoms in total. The quantitative estimate of drug-likeness (QED) is 0.484. The summed E-state index contributed by atoms with van der Waals surface area (Å²) >= 11 is 0. The normalized spacial score (nSPS) is 14.9. The van der Waals surface area contributed by atoms with Gasteiger partial charge in [-0.15, -0.1) is 0 Å². The maximum absolute atomic E-state index is 13.5. The van der Waals surface area contributed by atoms with Crippen LogP contribution >= 0.6 is 0 Å². The third-order valence-corrected chi connectivity index (χ3v) is 5.89. The Bertz CT molecular complexity index is 1280. The van der Waals surface area contributed by atoms with Crippen molar-refractivity contribution in [2.24, 2.45) is 0 Å². The van der Waals surface area contributed by atoms with Crippen LogP contribution in [0.5, 0.6) is 0 Å². The second kappa shape index (κ2) is 8.99. The van der Waals surface area contributed by atoms with E-state index in [9.17, 15) is 9.18 Å². The van der Waals surface area contributed by atoms with Gasteiger partial charge in [-0.3, -0.25) is 4.79 Å². The highest BCUT2D eigenvalue weighted by molar-refractivity contribution is 6.06. The molecule has 1 fully saturated rings. The van der Waals surface area contributed by atoms with Gasteiger partial charge in [0.15, 0.2) is 0 Å². The van der Waals surface area contributed by atoms with Crippen LogP contribution in [0.3, 0.4) is 0 Å². The number of halogens is 1. The Kier molecular flexibility index (Phi) is 5.75. The van der Waals surface area contributed by atoms with Gasteiger partial charge in [0.05, 0.1) is 24.8 Å². The number of nitrogens with zero attached hydrogens (tertiary/aromatic N) is 3. The number of benzene rings is 1.